The Labute approximate surface area is 324 Å². The van der Waals surface area contributed by atoms with Gasteiger partial charge in [-0.2, -0.15) is 12.6 Å². The molecule has 50 heavy (non-hydrogen) atoms. The molecule has 0 saturated carbocycles. The van der Waals surface area contributed by atoms with E-state index in [-0.39, 0.29) is 5.25 Å². The van der Waals surface area contributed by atoms with Crippen molar-refractivity contribution in [2.24, 2.45) is 0 Å². The first-order valence-corrected chi connectivity index (χ1v) is 24.9. The molecule has 0 amide bonds. The molecule has 0 spiro atoms. The lowest BCUT2D eigenvalue weighted by Gasteiger charge is -2.38. The van der Waals surface area contributed by atoms with Crippen LogP contribution in [0, 0.1) is 0 Å². The van der Waals surface area contributed by atoms with Crippen LogP contribution >= 0.6 is 12.6 Å². The van der Waals surface area contributed by atoms with Crippen molar-refractivity contribution in [3.8, 4) is 0 Å². The van der Waals surface area contributed by atoms with Crippen LogP contribution in [-0.4, -0.2) is 34.3 Å². The fourth-order valence-electron chi connectivity index (χ4n) is 7.33. The van der Waals surface area contributed by atoms with E-state index in [9.17, 15) is 0 Å². The van der Waals surface area contributed by atoms with Crippen LogP contribution < -0.4 is 0 Å². The minimum absolute atomic E-state index is 0.103. The lowest BCUT2D eigenvalue weighted by atomic mass is 10.00. The van der Waals surface area contributed by atoms with Gasteiger partial charge in [-0.15, -0.1) is 0 Å². The van der Waals surface area contributed by atoms with E-state index in [1.165, 1.54) is 212 Å². The van der Waals surface area contributed by atoms with Crippen LogP contribution in [0.15, 0.2) is 0 Å². The van der Waals surface area contributed by atoms with Gasteiger partial charge in [0.2, 0.25) is 0 Å². The second kappa shape index (κ2) is 42.2. The van der Waals surface area contributed by atoms with Crippen molar-refractivity contribution in [3.05, 3.63) is 0 Å². The van der Waals surface area contributed by atoms with Crippen molar-refractivity contribution in [2.75, 3.05) is 13.2 Å². The molecule has 0 N–H and O–H groups in total. The summed E-state index contributed by atoms with van der Waals surface area (Å²) in [6, 6.07) is 0. The summed E-state index contributed by atoms with van der Waals surface area (Å²) < 4.78 is 19.6. The largest absolute Gasteiger partial charge is 0.399 e. The van der Waals surface area contributed by atoms with E-state index in [2.05, 4.69) is 27.7 Å². The monoisotopic (exact) mass is 743 g/mol. The molecule has 0 aromatic heterocycles. The fraction of sp³-hybridized carbons (Fsp3) is 1.00. The van der Waals surface area contributed by atoms with Crippen molar-refractivity contribution < 1.29 is 13.6 Å². The van der Waals surface area contributed by atoms with E-state index in [0.29, 0.717) is 0 Å². The molecule has 5 heteroatoms. The molecule has 0 fully saturated rings. The topological polar surface area (TPSA) is 27.7 Å². The van der Waals surface area contributed by atoms with Crippen molar-refractivity contribution in [1.82, 2.24) is 0 Å². The number of rotatable bonds is 44. The minimum Gasteiger partial charge on any atom is -0.399 e. The van der Waals surface area contributed by atoms with Crippen molar-refractivity contribution >= 4 is 22.6 Å². The maximum atomic E-state index is 6.73. The van der Waals surface area contributed by atoms with E-state index in [1.54, 1.807) is 0 Å². The molecular formula is C45H94O3SSi. The average molecular weight is 743 g/mol. The van der Waals surface area contributed by atoms with E-state index >= 15 is 0 Å². The van der Waals surface area contributed by atoms with Gasteiger partial charge in [-0.3, -0.25) is 0 Å². The lowest BCUT2D eigenvalue weighted by molar-refractivity contribution is -0.196. The van der Waals surface area contributed by atoms with Crippen LogP contribution in [0.2, 0.25) is 0 Å². The van der Waals surface area contributed by atoms with E-state index in [4.69, 9.17) is 26.2 Å². The Bertz CT molecular complexity index is 595. The maximum absolute atomic E-state index is 6.73. The van der Waals surface area contributed by atoms with E-state index < -0.39 is 15.8 Å². The Morgan fingerprint density at radius 1 is 0.400 bits per heavy atom. The fourth-order valence-corrected chi connectivity index (χ4v) is 8.78. The first kappa shape index (κ1) is 50.4. The van der Waals surface area contributed by atoms with Gasteiger partial charge in [0, 0.05) is 13.0 Å². The first-order chi connectivity index (χ1) is 24.7. The molecule has 2 atom stereocenters. The maximum Gasteiger partial charge on any atom is 0.307 e. The highest BCUT2D eigenvalue weighted by molar-refractivity contribution is 7.81. The van der Waals surface area contributed by atoms with Gasteiger partial charge in [0.25, 0.3) is 0 Å². The van der Waals surface area contributed by atoms with Crippen molar-refractivity contribution in [2.45, 2.75) is 276 Å². The third kappa shape index (κ3) is 34.2. The van der Waals surface area contributed by atoms with Crippen LogP contribution in [0.5, 0.6) is 0 Å². The number of hydrogen-bond acceptors (Lipinski definition) is 4. The Kier molecular flexibility index (Phi) is 42.6. The summed E-state index contributed by atoms with van der Waals surface area (Å²) in [6.07, 6.45) is 49.8. The van der Waals surface area contributed by atoms with Gasteiger partial charge < -0.3 is 13.6 Å². The molecule has 0 aliphatic rings. The second-order valence-corrected chi connectivity index (χ2v) is 17.4. The molecule has 302 valence electrons. The number of thiol groups is 1. The molecule has 0 aromatic rings. The average Bonchev–Trinajstić information content (AvgIpc) is 3.13. The Morgan fingerprint density at radius 2 is 0.700 bits per heavy atom. The summed E-state index contributed by atoms with van der Waals surface area (Å²) in [4.78, 5) is 0. The van der Waals surface area contributed by atoms with Crippen LogP contribution in [0.25, 0.3) is 0 Å². The summed E-state index contributed by atoms with van der Waals surface area (Å²) in [5, 5.41) is 0.103. The highest BCUT2D eigenvalue weighted by atomic mass is 32.1. The van der Waals surface area contributed by atoms with Gasteiger partial charge in [-0.1, -0.05) is 233 Å². The molecule has 2 unspecified atom stereocenters. The summed E-state index contributed by atoms with van der Waals surface area (Å²) in [7, 11) is -1.10. The summed E-state index contributed by atoms with van der Waals surface area (Å²) >= 11 is 5.07. The van der Waals surface area contributed by atoms with Crippen LogP contribution in [0.1, 0.15) is 265 Å². The highest BCUT2D eigenvalue weighted by Gasteiger charge is 2.37. The molecule has 0 bridgehead atoms. The molecule has 0 saturated heterocycles. The Morgan fingerprint density at radius 3 is 1.04 bits per heavy atom. The predicted octanol–water partition coefficient (Wildman–Crippen LogP) is 15.5. The highest BCUT2D eigenvalue weighted by Crippen LogP contribution is 2.32. The number of ether oxygens (including phenoxy) is 1. The molecule has 0 aromatic carbocycles. The van der Waals surface area contributed by atoms with Gasteiger partial charge in [0.05, 0.1) is 11.9 Å². The van der Waals surface area contributed by atoms with Gasteiger partial charge in [-0.05, 0) is 25.7 Å². The van der Waals surface area contributed by atoms with Crippen molar-refractivity contribution in [3.63, 3.8) is 0 Å². The quantitative estimate of drug-likeness (QED) is 0.0291. The van der Waals surface area contributed by atoms with Gasteiger partial charge >= 0.3 is 10.0 Å². The molecular weight excluding hydrogens is 649 g/mol. The van der Waals surface area contributed by atoms with Crippen molar-refractivity contribution in [1.29, 1.82) is 0 Å². The lowest BCUT2D eigenvalue weighted by Crippen LogP contribution is -2.46. The Hall–Kier alpha value is 0.447. The minimum atomic E-state index is -1.10. The number of hydrogen-bond donors (Lipinski definition) is 1. The summed E-state index contributed by atoms with van der Waals surface area (Å²) in [6.45, 7) is 10.8. The second-order valence-electron chi connectivity index (χ2n) is 15.8. The standard InChI is InChI=1S/C45H94O3SSi/c1-5-9-12-15-18-21-24-25-26-28-31-34-37-40-43-47-50-48-45(44(49)8-4,41-38-35-32-29-27-22-19-16-13-10-6-2)46-42-39-36-33-30-23-20-17-14-11-7-3/h44,49H,5-43,50H2,1-4H3. The van der Waals surface area contributed by atoms with Gasteiger partial charge in [0.15, 0.2) is 5.79 Å². The zero-order valence-corrected chi connectivity index (χ0v) is 37.3. The molecule has 0 aliphatic heterocycles. The van der Waals surface area contributed by atoms with Gasteiger partial charge in [0.1, 0.15) is 0 Å². The predicted molar refractivity (Wildman–Crippen MR) is 231 cm³/mol. The molecule has 3 nitrogen and oxygen atoms in total. The SMILES string of the molecule is CCCCCCCCCCCCCCCCO[SiH2]OC(CCCCCCCCCCCCC)(OCCCCCCCCCCCC)C(S)CC. The van der Waals surface area contributed by atoms with Crippen LogP contribution in [0.4, 0.5) is 0 Å². The molecule has 0 heterocycles. The summed E-state index contributed by atoms with van der Waals surface area (Å²) in [5.74, 6) is -0.571. The van der Waals surface area contributed by atoms with Crippen LogP contribution in [0.3, 0.4) is 0 Å². The third-order valence-corrected chi connectivity index (χ3v) is 12.7. The van der Waals surface area contributed by atoms with Gasteiger partial charge in [-0.25, -0.2) is 0 Å². The zero-order chi connectivity index (χ0) is 36.5. The van der Waals surface area contributed by atoms with E-state index in [1.807, 2.05) is 0 Å². The molecule has 0 rings (SSSR count). The zero-order valence-electron chi connectivity index (χ0n) is 35.0. The van der Waals surface area contributed by atoms with Crippen LogP contribution in [-0.2, 0) is 13.6 Å². The number of unbranched alkanes of at least 4 members (excludes halogenated alkanes) is 32. The molecule has 0 aliphatic carbocycles. The van der Waals surface area contributed by atoms with E-state index in [0.717, 1.165) is 38.9 Å². The first-order valence-electron chi connectivity index (χ1n) is 23.2. The molecule has 0 radical (unpaired) electrons. The smallest absolute Gasteiger partial charge is 0.307 e. The summed E-state index contributed by atoms with van der Waals surface area (Å²) in [5.41, 5.74) is 0. The Balaban J connectivity index is 4.40. The normalized spacial score (nSPS) is 13.9. The third-order valence-electron chi connectivity index (χ3n) is 10.9.